The van der Waals surface area contributed by atoms with Gasteiger partial charge in [-0.3, -0.25) is 4.79 Å². The number of amides is 1. The van der Waals surface area contributed by atoms with Crippen LogP contribution in [0.1, 0.15) is 10.4 Å². The van der Waals surface area contributed by atoms with E-state index in [1.54, 1.807) is 10.9 Å². The smallest absolute Gasteiger partial charge is 0.258 e. The van der Waals surface area contributed by atoms with E-state index in [0.29, 0.717) is 11.4 Å². The van der Waals surface area contributed by atoms with Crippen molar-refractivity contribution >= 4 is 27.5 Å². The quantitative estimate of drug-likeness (QED) is 0.732. The number of ether oxygens (including phenoxy) is 1. The molecule has 1 heterocycles. The first-order valence-corrected chi connectivity index (χ1v) is 7.82. The number of halogens is 2. The topological polar surface area (TPSA) is 56.1 Å². The lowest BCUT2D eigenvalue weighted by Gasteiger charge is -2.06. The Hall–Kier alpha value is -2.67. The maximum absolute atomic E-state index is 13.9. The maximum Gasteiger partial charge on any atom is 0.258 e. The number of carbonyl (C=O) groups excluding carboxylic acids is 1. The summed E-state index contributed by atoms with van der Waals surface area (Å²) in [6.07, 6.45) is 3.15. The number of aromatic nitrogens is 2. The lowest BCUT2D eigenvalue weighted by atomic mass is 10.2. The molecule has 0 aliphatic heterocycles. The fraction of sp³-hybridized carbons (Fsp3) is 0.0588. The standard InChI is InChI=1S/C17H13BrFN3O2/c1-24-12-6-7-13(15(19)8-12)17(23)21-11-9-20-22(10-11)16-5-3-2-4-14(16)18/h2-10H,1H3,(H,21,23). The Morgan fingerprint density at radius 2 is 2.08 bits per heavy atom. The molecule has 0 fully saturated rings. The van der Waals surface area contributed by atoms with Gasteiger partial charge in [0.15, 0.2) is 0 Å². The first kappa shape index (κ1) is 16.2. The summed E-state index contributed by atoms with van der Waals surface area (Å²) < 4.78 is 21.4. The third-order valence-corrected chi connectivity index (χ3v) is 4.03. The number of anilines is 1. The normalized spacial score (nSPS) is 10.5. The highest BCUT2D eigenvalue weighted by atomic mass is 79.9. The minimum Gasteiger partial charge on any atom is -0.497 e. The third-order valence-electron chi connectivity index (χ3n) is 3.36. The van der Waals surface area contributed by atoms with Crippen molar-refractivity contribution in [3.8, 4) is 11.4 Å². The summed E-state index contributed by atoms with van der Waals surface area (Å²) in [6.45, 7) is 0. The van der Waals surface area contributed by atoms with Crippen LogP contribution in [-0.2, 0) is 0 Å². The molecule has 24 heavy (non-hydrogen) atoms. The second-order valence-corrected chi connectivity index (χ2v) is 5.78. The molecule has 1 N–H and O–H groups in total. The lowest BCUT2D eigenvalue weighted by molar-refractivity contribution is 0.102. The van der Waals surface area contributed by atoms with Crippen molar-refractivity contribution < 1.29 is 13.9 Å². The van der Waals surface area contributed by atoms with Gasteiger partial charge in [-0.25, -0.2) is 9.07 Å². The van der Waals surface area contributed by atoms with Crippen LogP contribution >= 0.6 is 15.9 Å². The minimum atomic E-state index is -0.648. The lowest BCUT2D eigenvalue weighted by Crippen LogP contribution is -2.13. The van der Waals surface area contributed by atoms with E-state index >= 15 is 0 Å². The van der Waals surface area contributed by atoms with Crippen LogP contribution in [-0.4, -0.2) is 22.8 Å². The number of benzene rings is 2. The second-order valence-electron chi connectivity index (χ2n) is 4.92. The molecule has 2 aromatic carbocycles. The van der Waals surface area contributed by atoms with E-state index < -0.39 is 11.7 Å². The van der Waals surface area contributed by atoms with Crippen LogP contribution in [0.15, 0.2) is 59.3 Å². The van der Waals surface area contributed by atoms with Gasteiger partial charge in [-0.1, -0.05) is 12.1 Å². The van der Waals surface area contributed by atoms with E-state index in [0.717, 1.165) is 10.2 Å². The van der Waals surface area contributed by atoms with E-state index in [1.165, 1.54) is 31.5 Å². The molecule has 3 aromatic rings. The molecule has 122 valence electrons. The van der Waals surface area contributed by atoms with Gasteiger partial charge in [0.05, 0.1) is 36.4 Å². The monoisotopic (exact) mass is 389 g/mol. The molecule has 0 unspecified atom stereocenters. The highest BCUT2D eigenvalue weighted by Crippen LogP contribution is 2.22. The zero-order valence-corrected chi connectivity index (χ0v) is 14.2. The Balaban J connectivity index is 1.80. The Morgan fingerprint density at radius 3 is 2.79 bits per heavy atom. The molecule has 5 nitrogen and oxygen atoms in total. The molecule has 0 aliphatic carbocycles. The second kappa shape index (κ2) is 6.84. The number of hydrogen-bond donors (Lipinski definition) is 1. The van der Waals surface area contributed by atoms with Crippen molar-refractivity contribution in [3.63, 3.8) is 0 Å². The van der Waals surface area contributed by atoms with Crippen LogP contribution in [0, 0.1) is 5.82 Å². The van der Waals surface area contributed by atoms with Crippen molar-refractivity contribution in [2.75, 3.05) is 12.4 Å². The van der Waals surface area contributed by atoms with E-state index in [-0.39, 0.29) is 5.56 Å². The largest absolute Gasteiger partial charge is 0.497 e. The highest BCUT2D eigenvalue weighted by molar-refractivity contribution is 9.10. The third kappa shape index (κ3) is 3.30. The number of nitrogens with zero attached hydrogens (tertiary/aromatic N) is 2. The summed E-state index contributed by atoms with van der Waals surface area (Å²) in [5.74, 6) is -0.849. The fourth-order valence-electron chi connectivity index (χ4n) is 2.16. The summed E-state index contributed by atoms with van der Waals surface area (Å²) >= 11 is 3.44. The van der Waals surface area contributed by atoms with Crippen molar-refractivity contribution in [3.05, 3.63) is 70.7 Å². The average molecular weight is 390 g/mol. The van der Waals surface area contributed by atoms with Crippen LogP contribution in [0.2, 0.25) is 0 Å². The average Bonchev–Trinajstić information content (AvgIpc) is 3.03. The molecular formula is C17H13BrFN3O2. The first-order chi connectivity index (χ1) is 11.6. The molecule has 3 rings (SSSR count). The van der Waals surface area contributed by atoms with Gasteiger partial charge < -0.3 is 10.1 Å². The molecule has 0 saturated heterocycles. The first-order valence-electron chi connectivity index (χ1n) is 7.03. The summed E-state index contributed by atoms with van der Waals surface area (Å²) in [4.78, 5) is 12.2. The summed E-state index contributed by atoms with van der Waals surface area (Å²) in [5, 5.41) is 6.83. The summed E-state index contributed by atoms with van der Waals surface area (Å²) in [5.41, 5.74) is 1.23. The van der Waals surface area contributed by atoms with Crippen LogP contribution in [0.25, 0.3) is 5.69 Å². The fourth-order valence-corrected chi connectivity index (χ4v) is 2.63. The Morgan fingerprint density at radius 1 is 1.29 bits per heavy atom. The van der Waals surface area contributed by atoms with E-state index in [1.807, 2.05) is 24.3 Å². The van der Waals surface area contributed by atoms with Gasteiger partial charge in [0, 0.05) is 10.5 Å². The zero-order valence-electron chi connectivity index (χ0n) is 12.7. The van der Waals surface area contributed by atoms with Crippen LogP contribution in [0.3, 0.4) is 0 Å². The van der Waals surface area contributed by atoms with E-state index in [9.17, 15) is 9.18 Å². The molecule has 1 amide bonds. The van der Waals surface area contributed by atoms with Gasteiger partial charge in [-0.05, 0) is 40.2 Å². The van der Waals surface area contributed by atoms with Crippen LogP contribution in [0.4, 0.5) is 10.1 Å². The molecule has 0 aliphatic rings. The Bertz CT molecular complexity index is 895. The predicted molar refractivity (Wildman–Crippen MR) is 92.2 cm³/mol. The van der Waals surface area contributed by atoms with Crippen molar-refractivity contribution in [1.29, 1.82) is 0 Å². The van der Waals surface area contributed by atoms with Crippen molar-refractivity contribution in [2.45, 2.75) is 0 Å². The Labute approximate surface area is 146 Å². The highest BCUT2D eigenvalue weighted by Gasteiger charge is 2.14. The van der Waals surface area contributed by atoms with Gasteiger partial charge in [0.2, 0.25) is 0 Å². The SMILES string of the molecule is COc1ccc(C(=O)Nc2cnn(-c3ccccc3Br)c2)c(F)c1. The number of nitrogens with one attached hydrogen (secondary N) is 1. The zero-order chi connectivity index (χ0) is 17.1. The van der Waals surface area contributed by atoms with Gasteiger partial charge >= 0.3 is 0 Å². The van der Waals surface area contributed by atoms with Gasteiger partial charge in [0.1, 0.15) is 11.6 Å². The van der Waals surface area contributed by atoms with Gasteiger partial charge in [0.25, 0.3) is 5.91 Å². The molecule has 0 spiro atoms. The van der Waals surface area contributed by atoms with Crippen molar-refractivity contribution in [1.82, 2.24) is 9.78 Å². The van der Waals surface area contributed by atoms with Gasteiger partial charge in [-0.2, -0.15) is 5.10 Å². The predicted octanol–water partition coefficient (Wildman–Crippen LogP) is 4.03. The molecule has 7 heteroatoms. The van der Waals surface area contributed by atoms with E-state index in [2.05, 4.69) is 26.3 Å². The summed E-state index contributed by atoms with van der Waals surface area (Å²) in [6, 6.07) is 11.6. The molecule has 0 saturated carbocycles. The number of rotatable bonds is 4. The van der Waals surface area contributed by atoms with Crippen LogP contribution in [0.5, 0.6) is 5.75 Å². The Kier molecular flexibility index (Phi) is 4.61. The van der Waals surface area contributed by atoms with E-state index in [4.69, 9.17) is 4.74 Å². The number of carbonyl (C=O) groups is 1. The summed E-state index contributed by atoms with van der Waals surface area (Å²) in [7, 11) is 1.44. The number of hydrogen-bond acceptors (Lipinski definition) is 3. The van der Waals surface area contributed by atoms with Crippen LogP contribution < -0.4 is 10.1 Å². The molecule has 1 aromatic heterocycles. The molecule has 0 bridgehead atoms. The number of methoxy groups -OCH3 is 1. The minimum absolute atomic E-state index is 0.0653. The molecule has 0 radical (unpaired) electrons. The van der Waals surface area contributed by atoms with Gasteiger partial charge in [-0.15, -0.1) is 0 Å². The maximum atomic E-state index is 13.9. The molecular weight excluding hydrogens is 377 g/mol. The molecule has 0 atom stereocenters. The number of para-hydroxylation sites is 1. The van der Waals surface area contributed by atoms with Crippen molar-refractivity contribution in [2.24, 2.45) is 0 Å².